The van der Waals surface area contributed by atoms with Crippen LogP contribution in [-0.4, -0.2) is 24.0 Å². The van der Waals surface area contributed by atoms with E-state index in [-0.39, 0.29) is 0 Å². The molecule has 0 aromatic rings. The second-order valence-electron chi connectivity index (χ2n) is 4.52. The molecule has 0 saturated heterocycles. The van der Waals surface area contributed by atoms with Crippen molar-refractivity contribution in [2.24, 2.45) is 5.92 Å². The van der Waals surface area contributed by atoms with Gasteiger partial charge in [-0.05, 0) is 26.2 Å². The average molecular weight is 183 g/mol. The van der Waals surface area contributed by atoms with Gasteiger partial charge < -0.3 is 0 Å². The van der Waals surface area contributed by atoms with Gasteiger partial charge >= 0.3 is 0 Å². The maximum Gasteiger partial charge on any atom is 0.0192 e. The highest BCUT2D eigenvalue weighted by Crippen LogP contribution is 2.08. The second kappa shape index (κ2) is 6.20. The third kappa shape index (κ3) is 5.87. The van der Waals surface area contributed by atoms with Crippen LogP contribution in [0.3, 0.4) is 0 Å². The van der Waals surface area contributed by atoms with Crippen LogP contribution < -0.4 is 0 Å². The van der Waals surface area contributed by atoms with E-state index in [9.17, 15) is 0 Å². The summed E-state index contributed by atoms with van der Waals surface area (Å²) in [5.74, 6) is 0.743. The van der Waals surface area contributed by atoms with Gasteiger partial charge in [0.25, 0.3) is 0 Å². The smallest absolute Gasteiger partial charge is 0.0192 e. The van der Waals surface area contributed by atoms with Crippen molar-refractivity contribution in [2.75, 3.05) is 13.1 Å². The van der Waals surface area contributed by atoms with Crippen LogP contribution in [0.5, 0.6) is 0 Å². The first-order chi connectivity index (χ1) is 5.97. The van der Waals surface area contributed by atoms with Gasteiger partial charge in [0, 0.05) is 19.1 Å². The van der Waals surface area contributed by atoms with Gasteiger partial charge in [-0.25, -0.2) is 0 Å². The minimum atomic E-state index is 0.630. The van der Waals surface area contributed by atoms with E-state index in [1.165, 1.54) is 12.1 Å². The van der Waals surface area contributed by atoms with Crippen molar-refractivity contribution >= 4 is 0 Å². The van der Waals surface area contributed by atoms with E-state index in [2.05, 4.69) is 46.1 Å². The van der Waals surface area contributed by atoms with Crippen LogP contribution in [0.15, 0.2) is 12.2 Å². The highest BCUT2D eigenvalue weighted by atomic mass is 15.1. The van der Waals surface area contributed by atoms with Crippen LogP contribution in [0.4, 0.5) is 0 Å². The van der Waals surface area contributed by atoms with Crippen molar-refractivity contribution in [3.63, 3.8) is 0 Å². The Kier molecular flexibility index (Phi) is 6.06. The van der Waals surface area contributed by atoms with Crippen molar-refractivity contribution in [3.05, 3.63) is 12.2 Å². The summed E-state index contributed by atoms with van der Waals surface area (Å²) in [5, 5.41) is 0. The molecule has 0 unspecified atom stereocenters. The summed E-state index contributed by atoms with van der Waals surface area (Å²) >= 11 is 0. The molecule has 13 heavy (non-hydrogen) atoms. The van der Waals surface area contributed by atoms with Gasteiger partial charge in [0.05, 0.1) is 0 Å². The fourth-order valence-electron chi connectivity index (χ4n) is 1.33. The number of rotatable bonds is 6. The molecular formula is C12H25N. The summed E-state index contributed by atoms with van der Waals surface area (Å²) in [6, 6.07) is 0.630. The van der Waals surface area contributed by atoms with E-state index in [4.69, 9.17) is 0 Å². The Balaban J connectivity index is 4.02. The molecule has 0 aromatic heterocycles. The lowest BCUT2D eigenvalue weighted by Gasteiger charge is -2.28. The summed E-state index contributed by atoms with van der Waals surface area (Å²) in [6.07, 6.45) is 1.10. The van der Waals surface area contributed by atoms with E-state index in [0.717, 1.165) is 18.9 Å². The Hall–Kier alpha value is -0.300. The van der Waals surface area contributed by atoms with E-state index in [0.29, 0.717) is 6.04 Å². The fourth-order valence-corrected chi connectivity index (χ4v) is 1.33. The third-order valence-electron chi connectivity index (χ3n) is 2.26. The van der Waals surface area contributed by atoms with E-state index >= 15 is 0 Å². The summed E-state index contributed by atoms with van der Waals surface area (Å²) in [4.78, 5) is 2.50. The molecule has 0 rings (SSSR count). The van der Waals surface area contributed by atoms with Crippen LogP contribution in [0.2, 0.25) is 0 Å². The number of hydrogen-bond donors (Lipinski definition) is 0. The lowest BCUT2D eigenvalue weighted by molar-refractivity contribution is 0.213. The van der Waals surface area contributed by atoms with Gasteiger partial charge in [0.1, 0.15) is 0 Å². The van der Waals surface area contributed by atoms with Gasteiger partial charge in [-0.3, -0.25) is 4.90 Å². The van der Waals surface area contributed by atoms with Crippen molar-refractivity contribution in [2.45, 2.75) is 47.1 Å². The minimum absolute atomic E-state index is 0.630. The molecule has 1 heteroatoms. The lowest BCUT2D eigenvalue weighted by Crippen LogP contribution is -2.35. The SMILES string of the molecule is C=C(CC)CN(CC(C)C)C(C)C. The summed E-state index contributed by atoms with van der Waals surface area (Å²) in [7, 11) is 0. The first-order valence-electron chi connectivity index (χ1n) is 5.38. The Morgan fingerprint density at radius 2 is 1.77 bits per heavy atom. The molecule has 0 fully saturated rings. The number of hydrogen-bond acceptors (Lipinski definition) is 1. The highest BCUT2D eigenvalue weighted by Gasteiger charge is 2.11. The van der Waals surface area contributed by atoms with Gasteiger partial charge in [0.2, 0.25) is 0 Å². The zero-order valence-corrected chi connectivity index (χ0v) is 9.93. The summed E-state index contributed by atoms with van der Waals surface area (Å²) in [5.41, 5.74) is 1.34. The Morgan fingerprint density at radius 1 is 1.23 bits per heavy atom. The van der Waals surface area contributed by atoms with Crippen molar-refractivity contribution < 1.29 is 0 Å². The topological polar surface area (TPSA) is 3.24 Å². The fraction of sp³-hybridized carbons (Fsp3) is 0.833. The highest BCUT2D eigenvalue weighted by molar-refractivity contribution is 4.96. The summed E-state index contributed by atoms with van der Waals surface area (Å²) < 4.78 is 0. The Bertz CT molecular complexity index is 147. The molecule has 1 nitrogen and oxygen atoms in total. The third-order valence-corrected chi connectivity index (χ3v) is 2.26. The average Bonchev–Trinajstić information content (AvgIpc) is 2.02. The largest absolute Gasteiger partial charge is 0.297 e. The van der Waals surface area contributed by atoms with Gasteiger partial charge in [-0.15, -0.1) is 0 Å². The van der Waals surface area contributed by atoms with Crippen molar-refractivity contribution in [3.8, 4) is 0 Å². The molecule has 0 aromatic carbocycles. The standard InChI is InChI=1S/C12H25N/c1-7-12(6)9-13(11(4)5)8-10(2)3/h10-11H,6-9H2,1-5H3. The molecule has 0 amide bonds. The monoisotopic (exact) mass is 183 g/mol. The van der Waals surface area contributed by atoms with Crippen LogP contribution in [0.1, 0.15) is 41.0 Å². The van der Waals surface area contributed by atoms with Gasteiger partial charge in [-0.1, -0.05) is 32.9 Å². The van der Waals surface area contributed by atoms with E-state index in [1.54, 1.807) is 0 Å². The molecule has 78 valence electrons. The molecular weight excluding hydrogens is 158 g/mol. The summed E-state index contributed by atoms with van der Waals surface area (Å²) in [6.45, 7) is 17.5. The molecule has 0 spiro atoms. The maximum atomic E-state index is 4.06. The molecule has 0 aliphatic carbocycles. The molecule has 0 aliphatic heterocycles. The van der Waals surface area contributed by atoms with Crippen molar-refractivity contribution in [1.82, 2.24) is 4.90 Å². The molecule has 0 heterocycles. The molecule has 0 aliphatic rings. The lowest BCUT2D eigenvalue weighted by atomic mass is 10.1. The Labute approximate surface area is 83.8 Å². The Morgan fingerprint density at radius 3 is 2.08 bits per heavy atom. The first-order valence-corrected chi connectivity index (χ1v) is 5.38. The normalized spacial score (nSPS) is 11.7. The maximum absolute atomic E-state index is 4.06. The van der Waals surface area contributed by atoms with Gasteiger partial charge in [-0.2, -0.15) is 0 Å². The number of nitrogens with zero attached hydrogens (tertiary/aromatic N) is 1. The quantitative estimate of drug-likeness (QED) is 0.571. The first kappa shape index (κ1) is 12.7. The molecule has 0 saturated carbocycles. The van der Waals surface area contributed by atoms with Crippen LogP contribution in [-0.2, 0) is 0 Å². The van der Waals surface area contributed by atoms with E-state index in [1.807, 2.05) is 0 Å². The van der Waals surface area contributed by atoms with Crippen LogP contribution in [0, 0.1) is 5.92 Å². The second-order valence-corrected chi connectivity index (χ2v) is 4.52. The van der Waals surface area contributed by atoms with E-state index < -0.39 is 0 Å². The predicted molar refractivity (Wildman–Crippen MR) is 61.0 cm³/mol. The molecule has 0 radical (unpaired) electrons. The van der Waals surface area contributed by atoms with Crippen LogP contribution >= 0.6 is 0 Å². The molecule has 0 bridgehead atoms. The minimum Gasteiger partial charge on any atom is -0.297 e. The molecule has 0 atom stereocenters. The van der Waals surface area contributed by atoms with Gasteiger partial charge in [0.15, 0.2) is 0 Å². The predicted octanol–water partition coefficient (Wildman–Crippen LogP) is 3.32. The zero-order chi connectivity index (χ0) is 10.4. The molecule has 0 N–H and O–H groups in total. The zero-order valence-electron chi connectivity index (χ0n) is 9.93. The van der Waals surface area contributed by atoms with Crippen LogP contribution in [0.25, 0.3) is 0 Å². The van der Waals surface area contributed by atoms with Crippen molar-refractivity contribution in [1.29, 1.82) is 0 Å².